The van der Waals surface area contributed by atoms with Crippen molar-refractivity contribution in [1.82, 2.24) is 0 Å². The maximum atomic E-state index is 12.0. The van der Waals surface area contributed by atoms with E-state index >= 15 is 0 Å². The number of carbonyl (C=O) groups is 2. The molecule has 1 aromatic rings. The molecule has 0 spiro atoms. The van der Waals surface area contributed by atoms with Gasteiger partial charge in [-0.05, 0) is 18.1 Å². The number of hydrogen-bond donors (Lipinski definition) is 0. The van der Waals surface area contributed by atoms with Gasteiger partial charge >= 0.3 is 5.97 Å². The van der Waals surface area contributed by atoms with Gasteiger partial charge in [-0.3, -0.25) is 9.59 Å². The van der Waals surface area contributed by atoms with E-state index in [0.29, 0.717) is 17.0 Å². The average Bonchev–Trinajstić information content (AvgIpc) is 2.66. The molecule has 0 fully saturated rings. The lowest BCUT2D eigenvalue weighted by molar-refractivity contribution is -0.145. The summed E-state index contributed by atoms with van der Waals surface area (Å²) in [6, 6.07) is 5.10. The van der Waals surface area contributed by atoms with Gasteiger partial charge in [-0.1, -0.05) is 36.4 Å². The van der Waals surface area contributed by atoms with Crippen LogP contribution in [0.3, 0.4) is 0 Å². The third kappa shape index (κ3) is 2.11. The molecule has 2 rings (SSSR count). The first-order valence-electron chi connectivity index (χ1n) is 5.24. The molecule has 1 aliphatic rings. The Bertz CT molecular complexity index is 493. The summed E-state index contributed by atoms with van der Waals surface area (Å²) in [5.41, 5.74) is 1.26. The minimum absolute atomic E-state index is 0.118. The third-order valence-electron chi connectivity index (χ3n) is 2.74. The Morgan fingerprint density at radius 2 is 2.35 bits per heavy atom. The summed E-state index contributed by atoms with van der Waals surface area (Å²) in [6.45, 7) is 3.57. The van der Waals surface area contributed by atoms with Crippen molar-refractivity contribution < 1.29 is 14.3 Å². The van der Waals surface area contributed by atoms with Crippen molar-refractivity contribution in [3.05, 3.63) is 47.0 Å². The highest BCUT2D eigenvalue weighted by atomic mass is 35.5. The first-order chi connectivity index (χ1) is 8.15. The van der Waals surface area contributed by atoms with Crippen LogP contribution >= 0.6 is 11.6 Å². The van der Waals surface area contributed by atoms with E-state index in [9.17, 15) is 9.59 Å². The molecule has 1 atom stereocenters. The molecule has 0 radical (unpaired) electrons. The number of esters is 1. The largest absolute Gasteiger partial charge is 0.461 e. The van der Waals surface area contributed by atoms with Crippen LogP contribution in [0.1, 0.15) is 15.9 Å². The summed E-state index contributed by atoms with van der Waals surface area (Å²) in [6.07, 6.45) is 1.79. The molecule has 88 valence electrons. The molecule has 1 aliphatic carbocycles. The van der Waals surface area contributed by atoms with Gasteiger partial charge in [0.1, 0.15) is 12.5 Å². The van der Waals surface area contributed by atoms with E-state index in [4.69, 9.17) is 16.3 Å². The highest BCUT2D eigenvalue weighted by Gasteiger charge is 2.37. The van der Waals surface area contributed by atoms with Gasteiger partial charge in [0.25, 0.3) is 0 Å². The fourth-order valence-electron chi connectivity index (χ4n) is 1.91. The molecule has 0 aromatic heterocycles. The molecule has 0 aliphatic heterocycles. The lowest BCUT2D eigenvalue weighted by Crippen LogP contribution is -2.23. The van der Waals surface area contributed by atoms with Crippen LogP contribution in [0.25, 0.3) is 0 Å². The Labute approximate surface area is 104 Å². The van der Waals surface area contributed by atoms with Crippen LogP contribution in [-0.2, 0) is 16.0 Å². The van der Waals surface area contributed by atoms with Crippen LogP contribution in [0.4, 0.5) is 0 Å². The fraction of sp³-hybridized carbons (Fsp3) is 0.231. The van der Waals surface area contributed by atoms with Crippen LogP contribution in [0.5, 0.6) is 0 Å². The van der Waals surface area contributed by atoms with Gasteiger partial charge in [0, 0.05) is 10.6 Å². The number of ether oxygens (including phenoxy) is 1. The van der Waals surface area contributed by atoms with Crippen molar-refractivity contribution in [1.29, 1.82) is 0 Å². The standard InChI is InChI=1S/C13H11ClO3/c1-2-6-17-13(16)10-7-9-8(12(10)15)4-3-5-11(9)14/h2-5,10H,1,6-7H2. The van der Waals surface area contributed by atoms with Crippen molar-refractivity contribution >= 4 is 23.4 Å². The summed E-state index contributed by atoms with van der Waals surface area (Å²) in [5, 5.41) is 0.523. The van der Waals surface area contributed by atoms with Crippen molar-refractivity contribution in [3.8, 4) is 0 Å². The number of halogens is 1. The van der Waals surface area contributed by atoms with Gasteiger partial charge in [-0.15, -0.1) is 0 Å². The second-order valence-corrected chi connectivity index (χ2v) is 4.21. The van der Waals surface area contributed by atoms with Crippen molar-refractivity contribution in [2.24, 2.45) is 5.92 Å². The van der Waals surface area contributed by atoms with Crippen LogP contribution in [0.15, 0.2) is 30.9 Å². The molecular formula is C13H11ClO3. The third-order valence-corrected chi connectivity index (χ3v) is 3.09. The Morgan fingerprint density at radius 1 is 1.59 bits per heavy atom. The number of rotatable bonds is 3. The predicted molar refractivity (Wildman–Crippen MR) is 64.1 cm³/mol. The van der Waals surface area contributed by atoms with Gasteiger partial charge in [-0.2, -0.15) is 0 Å². The summed E-state index contributed by atoms with van der Waals surface area (Å²) in [4.78, 5) is 23.6. The Kier molecular flexibility index (Phi) is 3.29. The monoisotopic (exact) mass is 250 g/mol. The average molecular weight is 251 g/mol. The summed E-state index contributed by atoms with van der Waals surface area (Å²) >= 11 is 5.99. The number of ketones is 1. The normalized spacial score (nSPS) is 17.7. The van der Waals surface area contributed by atoms with Gasteiger partial charge < -0.3 is 4.74 Å². The maximum absolute atomic E-state index is 12.0. The number of fused-ring (bicyclic) bond motifs is 1. The molecule has 0 saturated carbocycles. The van der Waals surface area contributed by atoms with Gasteiger partial charge in [-0.25, -0.2) is 0 Å². The molecular weight excluding hydrogens is 240 g/mol. The van der Waals surface area contributed by atoms with Crippen molar-refractivity contribution in [3.63, 3.8) is 0 Å². The molecule has 1 aromatic carbocycles. The molecule has 0 bridgehead atoms. The maximum Gasteiger partial charge on any atom is 0.317 e. The smallest absolute Gasteiger partial charge is 0.317 e. The minimum Gasteiger partial charge on any atom is -0.461 e. The lowest BCUT2D eigenvalue weighted by atomic mass is 10.1. The van der Waals surface area contributed by atoms with E-state index in [0.717, 1.165) is 5.56 Å². The first kappa shape index (κ1) is 11.9. The predicted octanol–water partition coefficient (Wildman–Crippen LogP) is 2.42. The van der Waals surface area contributed by atoms with Crippen molar-refractivity contribution in [2.75, 3.05) is 6.61 Å². The first-order valence-corrected chi connectivity index (χ1v) is 5.62. The number of carbonyl (C=O) groups excluding carboxylic acids is 2. The lowest BCUT2D eigenvalue weighted by Gasteiger charge is -2.06. The molecule has 0 amide bonds. The zero-order valence-electron chi connectivity index (χ0n) is 9.11. The zero-order chi connectivity index (χ0) is 12.4. The van der Waals surface area contributed by atoms with Crippen LogP contribution < -0.4 is 0 Å². The van der Waals surface area contributed by atoms with E-state index in [2.05, 4.69) is 6.58 Å². The SMILES string of the molecule is C=CCOC(=O)C1Cc2c(Cl)cccc2C1=O. The van der Waals surface area contributed by atoms with E-state index < -0.39 is 11.9 Å². The van der Waals surface area contributed by atoms with Crippen molar-refractivity contribution in [2.45, 2.75) is 6.42 Å². The molecule has 0 N–H and O–H groups in total. The van der Waals surface area contributed by atoms with E-state index in [1.807, 2.05) is 0 Å². The minimum atomic E-state index is -0.759. The molecule has 17 heavy (non-hydrogen) atoms. The fourth-order valence-corrected chi connectivity index (χ4v) is 2.17. The highest BCUT2D eigenvalue weighted by Crippen LogP contribution is 2.32. The Balaban J connectivity index is 2.22. The number of benzene rings is 1. The molecule has 0 saturated heterocycles. The summed E-state index contributed by atoms with van der Waals surface area (Å²) < 4.78 is 4.90. The topological polar surface area (TPSA) is 43.4 Å². The quantitative estimate of drug-likeness (QED) is 0.470. The molecule has 0 heterocycles. The van der Waals surface area contributed by atoms with E-state index in [1.165, 1.54) is 6.08 Å². The van der Waals surface area contributed by atoms with Gasteiger partial charge in [0.15, 0.2) is 5.78 Å². The van der Waals surface area contributed by atoms with E-state index in [1.54, 1.807) is 18.2 Å². The molecule has 1 unspecified atom stereocenters. The van der Waals surface area contributed by atoms with Crippen LogP contribution in [0.2, 0.25) is 5.02 Å². The van der Waals surface area contributed by atoms with E-state index in [-0.39, 0.29) is 12.4 Å². The zero-order valence-corrected chi connectivity index (χ0v) is 9.87. The van der Waals surface area contributed by atoms with Gasteiger partial charge in [0.05, 0.1) is 0 Å². The highest BCUT2D eigenvalue weighted by molar-refractivity contribution is 6.32. The second-order valence-electron chi connectivity index (χ2n) is 3.81. The summed E-state index contributed by atoms with van der Waals surface area (Å²) in [5.74, 6) is -1.48. The van der Waals surface area contributed by atoms with Crippen LogP contribution in [-0.4, -0.2) is 18.4 Å². The molecule has 4 heteroatoms. The summed E-state index contributed by atoms with van der Waals surface area (Å²) in [7, 11) is 0. The number of Topliss-reactive ketones (excluding diaryl/α,β-unsaturated/α-hetero) is 1. The number of hydrogen-bond acceptors (Lipinski definition) is 3. The Morgan fingerprint density at radius 3 is 3.00 bits per heavy atom. The Hall–Kier alpha value is -1.61. The molecule has 3 nitrogen and oxygen atoms in total. The second kappa shape index (κ2) is 4.72. The van der Waals surface area contributed by atoms with Gasteiger partial charge in [0.2, 0.25) is 0 Å². The van der Waals surface area contributed by atoms with Crippen LogP contribution in [0, 0.1) is 5.92 Å².